The van der Waals surface area contributed by atoms with E-state index in [1.54, 1.807) is 36.3 Å². The maximum Gasteiger partial charge on any atom is 0.270 e. The van der Waals surface area contributed by atoms with Crippen LogP contribution in [-0.2, 0) is 4.79 Å². The van der Waals surface area contributed by atoms with Gasteiger partial charge in [-0.3, -0.25) is 14.4 Å². The van der Waals surface area contributed by atoms with Crippen LogP contribution >= 0.6 is 11.5 Å². The largest absolute Gasteiger partial charge is 0.497 e. The zero-order chi connectivity index (χ0) is 24.3. The number of aromatic nitrogens is 1. The summed E-state index contributed by atoms with van der Waals surface area (Å²) < 4.78 is 9.24. The summed E-state index contributed by atoms with van der Waals surface area (Å²) in [5, 5.41) is 3.01. The van der Waals surface area contributed by atoms with Crippen LogP contribution < -0.4 is 21.5 Å². The van der Waals surface area contributed by atoms with Crippen molar-refractivity contribution in [2.75, 3.05) is 12.8 Å². The Morgan fingerprint density at radius 1 is 1.18 bits per heavy atom. The number of carbonyl (C=O) groups excluding carboxylic acids is 3. The van der Waals surface area contributed by atoms with E-state index in [1.165, 1.54) is 0 Å². The van der Waals surface area contributed by atoms with Gasteiger partial charge in [0.15, 0.2) is 5.69 Å². The molecule has 33 heavy (non-hydrogen) atoms. The predicted molar refractivity (Wildman–Crippen MR) is 127 cm³/mol. The third kappa shape index (κ3) is 5.44. The topological polar surface area (TPSA) is 141 Å². The molecule has 1 aliphatic carbocycles. The van der Waals surface area contributed by atoms with Gasteiger partial charge in [0, 0.05) is 11.6 Å². The number of primary amides is 1. The number of nitrogens with two attached hydrogens (primary N) is 2. The van der Waals surface area contributed by atoms with Crippen molar-refractivity contribution in [2.24, 2.45) is 5.73 Å². The molecule has 0 aliphatic heterocycles. The van der Waals surface area contributed by atoms with E-state index in [0.29, 0.717) is 11.3 Å². The van der Waals surface area contributed by atoms with Crippen LogP contribution in [0.1, 0.15) is 78.2 Å². The van der Waals surface area contributed by atoms with Crippen LogP contribution in [0, 0.1) is 0 Å². The summed E-state index contributed by atoms with van der Waals surface area (Å²) in [6.07, 6.45) is 3.44. The second kappa shape index (κ2) is 9.78. The highest BCUT2D eigenvalue weighted by Gasteiger charge is 2.40. The summed E-state index contributed by atoms with van der Waals surface area (Å²) in [6, 6.07) is 6.03. The van der Waals surface area contributed by atoms with E-state index in [0.717, 1.165) is 37.2 Å². The Bertz CT molecular complexity index is 1020. The molecule has 10 heteroatoms. The minimum absolute atomic E-state index is 0.0507. The lowest BCUT2D eigenvalue weighted by Gasteiger charge is -2.37. The molecule has 0 radical (unpaired) electrons. The first-order valence-electron chi connectivity index (χ1n) is 10.9. The molecule has 1 heterocycles. The summed E-state index contributed by atoms with van der Waals surface area (Å²) in [5.74, 6) is -0.891. The van der Waals surface area contributed by atoms with Crippen molar-refractivity contribution in [3.05, 3.63) is 40.4 Å². The lowest BCUT2D eigenvalue weighted by atomic mass is 9.98. The number of amides is 3. The van der Waals surface area contributed by atoms with Crippen LogP contribution in [0.3, 0.4) is 0 Å². The van der Waals surface area contributed by atoms with Crippen molar-refractivity contribution in [1.82, 2.24) is 14.6 Å². The molecule has 1 atom stereocenters. The van der Waals surface area contributed by atoms with E-state index >= 15 is 0 Å². The van der Waals surface area contributed by atoms with Crippen molar-refractivity contribution < 1.29 is 19.1 Å². The lowest BCUT2D eigenvalue weighted by Crippen LogP contribution is -2.51. The molecule has 3 rings (SSSR count). The summed E-state index contributed by atoms with van der Waals surface area (Å²) in [5.41, 5.74) is 11.4. The quantitative estimate of drug-likeness (QED) is 0.565. The third-order valence-electron chi connectivity index (χ3n) is 5.56. The number of rotatable bonds is 7. The molecule has 1 aliphatic rings. The number of hydrogen-bond donors (Lipinski definition) is 3. The highest BCUT2D eigenvalue weighted by Crippen LogP contribution is 2.36. The van der Waals surface area contributed by atoms with Gasteiger partial charge in [0.25, 0.3) is 11.8 Å². The fourth-order valence-electron chi connectivity index (χ4n) is 4.09. The standard InChI is InChI=1S/C23H31N5O4S/c1-23(2,3)26-21(30)18(13-9-11-15(32-4)12-10-13)28(14-7-5-6-8-14)22(31)19-16(24)17(20(25)29)27-33-19/h9-12,14,18H,5-8,24H2,1-4H3,(H2,25,29)(H,26,30)/t18-/m0/s1. The Morgan fingerprint density at radius 3 is 2.27 bits per heavy atom. The smallest absolute Gasteiger partial charge is 0.270 e. The van der Waals surface area contributed by atoms with Gasteiger partial charge in [-0.25, -0.2) is 0 Å². The van der Waals surface area contributed by atoms with Gasteiger partial charge in [0.05, 0.1) is 12.8 Å². The normalized spacial score (nSPS) is 15.2. The van der Waals surface area contributed by atoms with Crippen molar-refractivity contribution in [3.63, 3.8) is 0 Å². The van der Waals surface area contributed by atoms with E-state index < -0.39 is 23.4 Å². The van der Waals surface area contributed by atoms with E-state index in [2.05, 4.69) is 9.69 Å². The zero-order valence-electron chi connectivity index (χ0n) is 19.4. The number of nitrogens with one attached hydrogen (secondary N) is 1. The van der Waals surface area contributed by atoms with Crippen LogP contribution in [0.15, 0.2) is 24.3 Å². The van der Waals surface area contributed by atoms with Gasteiger partial charge < -0.3 is 26.4 Å². The van der Waals surface area contributed by atoms with Crippen molar-refractivity contribution in [2.45, 2.75) is 64.1 Å². The van der Waals surface area contributed by atoms with Gasteiger partial charge in [0.1, 0.15) is 16.7 Å². The Hall–Kier alpha value is -3.14. The maximum atomic E-state index is 13.9. The van der Waals surface area contributed by atoms with E-state index in [9.17, 15) is 14.4 Å². The second-order valence-corrected chi connectivity index (χ2v) is 9.98. The molecule has 5 N–H and O–H groups in total. The number of methoxy groups -OCH3 is 1. The fourth-order valence-corrected chi connectivity index (χ4v) is 4.83. The molecular formula is C23H31N5O4S. The molecule has 3 amide bonds. The van der Waals surface area contributed by atoms with Crippen LogP contribution in [-0.4, -0.2) is 45.7 Å². The summed E-state index contributed by atoms with van der Waals surface area (Å²) in [7, 11) is 1.57. The SMILES string of the molecule is COc1ccc([C@@H](C(=O)NC(C)(C)C)N(C(=O)c2snc(C(N)=O)c2N)C2CCCC2)cc1. The Balaban J connectivity index is 2.12. The van der Waals surface area contributed by atoms with Gasteiger partial charge in [-0.15, -0.1) is 0 Å². The third-order valence-corrected chi connectivity index (χ3v) is 6.42. The molecule has 0 saturated heterocycles. The fraction of sp³-hybridized carbons (Fsp3) is 0.478. The summed E-state index contributed by atoms with van der Waals surface area (Å²) in [4.78, 5) is 40.8. The minimum atomic E-state index is -0.899. The Morgan fingerprint density at radius 2 is 1.79 bits per heavy atom. The highest BCUT2D eigenvalue weighted by molar-refractivity contribution is 7.09. The zero-order valence-corrected chi connectivity index (χ0v) is 20.2. The number of anilines is 1. The Labute approximate surface area is 197 Å². The summed E-state index contributed by atoms with van der Waals surface area (Å²) in [6.45, 7) is 5.66. The van der Waals surface area contributed by atoms with E-state index in [1.807, 2.05) is 20.8 Å². The number of nitrogens with zero attached hydrogens (tertiary/aromatic N) is 2. The minimum Gasteiger partial charge on any atom is -0.497 e. The lowest BCUT2D eigenvalue weighted by molar-refractivity contribution is -0.128. The van der Waals surface area contributed by atoms with Crippen molar-refractivity contribution in [1.29, 1.82) is 0 Å². The van der Waals surface area contributed by atoms with Gasteiger partial charge >= 0.3 is 0 Å². The first kappa shape index (κ1) is 24.5. The number of benzene rings is 1. The molecule has 178 valence electrons. The van der Waals surface area contributed by atoms with Gasteiger partial charge in [0.2, 0.25) is 5.91 Å². The highest BCUT2D eigenvalue weighted by atomic mass is 32.1. The molecule has 1 saturated carbocycles. The van der Waals surface area contributed by atoms with Crippen LogP contribution in [0.4, 0.5) is 5.69 Å². The molecule has 9 nitrogen and oxygen atoms in total. The molecule has 1 fully saturated rings. The monoisotopic (exact) mass is 473 g/mol. The number of nitrogen functional groups attached to an aromatic ring is 1. The maximum absolute atomic E-state index is 13.9. The first-order valence-corrected chi connectivity index (χ1v) is 11.6. The second-order valence-electron chi connectivity index (χ2n) is 9.20. The van der Waals surface area contributed by atoms with E-state index in [4.69, 9.17) is 16.2 Å². The van der Waals surface area contributed by atoms with Crippen molar-refractivity contribution in [3.8, 4) is 5.75 Å². The Kier molecular flexibility index (Phi) is 7.26. The molecule has 0 bridgehead atoms. The number of hydrogen-bond acceptors (Lipinski definition) is 7. The average molecular weight is 474 g/mol. The van der Waals surface area contributed by atoms with Gasteiger partial charge in [-0.05, 0) is 62.8 Å². The molecular weight excluding hydrogens is 442 g/mol. The summed E-state index contributed by atoms with van der Waals surface area (Å²) >= 11 is 0.825. The average Bonchev–Trinajstić information content (AvgIpc) is 3.40. The first-order chi connectivity index (χ1) is 15.5. The van der Waals surface area contributed by atoms with Crippen molar-refractivity contribution >= 4 is 34.9 Å². The number of ether oxygens (including phenoxy) is 1. The number of carbonyl (C=O) groups is 3. The molecule has 1 aromatic carbocycles. The molecule has 1 aromatic heterocycles. The van der Waals surface area contributed by atoms with Gasteiger partial charge in [-0.2, -0.15) is 4.37 Å². The molecule has 0 spiro atoms. The van der Waals surface area contributed by atoms with Crippen LogP contribution in [0.5, 0.6) is 5.75 Å². The van der Waals surface area contributed by atoms with Gasteiger partial charge in [-0.1, -0.05) is 25.0 Å². The molecule has 2 aromatic rings. The predicted octanol–water partition coefficient (Wildman–Crippen LogP) is 2.87. The molecule has 0 unspecified atom stereocenters. The van der Waals surface area contributed by atoms with Crippen LogP contribution in [0.2, 0.25) is 0 Å². The van der Waals surface area contributed by atoms with E-state index in [-0.39, 0.29) is 28.2 Å². The van der Waals surface area contributed by atoms with Crippen LogP contribution in [0.25, 0.3) is 0 Å².